The van der Waals surface area contributed by atoms with Crippen molar-refractivity contribution in [3.8, 4) is 6.07 Å². The van der Waals surface area contributed by atoms with Gasteiger partial charge in [-0.2, -0.15) is 5.26 Å². The standard InChI is InChI=1S/C21H24N6O/c1-16-12-24-18(13-23-16)14-27-15-21(6-5-20(27)28)7-9-26(10-8-21)19-4-2-3-17(11-22)25-19/h2-4,12-13H,5-10,14-15H2,1H3. The van der Waals surface area contributed by atoms with E-state index in [1.807, 2.05) is 24.0 Å². The van der Waals surface area contributed by atoms with Crippen LogP contribution in [0.2, 0.25) is 0 Å². The number of rotatable bonds is 3. The fraction of sp³-hybridized carbons (Fsp3) is 0.476. The first-order valence-electron chi connectivity index (χ1n) is 9.74. The van der Waals surface area contributed by atoms with E-state index < -0.39 is 0 Å². The summed E-state index contributed by atoms with van der Waals surface area (Å²) in [6, 6.07) is 7.68. The molecule has 0 atom stereocenters. The van der Waals surface area contributed by atoms with E-state index in [-0.39, 0.29) is 11.3 Å². The predicted molar refractivity (Wildman–Crippen MR) is 104 cm³/mol. The lowest BCUT2D eigenvalue weighted by atomic mass is 9.72. The van der Waals surface area contributed by atoms with Crippen LogP contribution < -0.4 is 4.90 Å². The Morgan fingerprint density at radius 3 is 2.71 bits per heavy atom. The molecule has 1 amide bonds. The second kappa shape index (κ2) is 7.55. The van der Waals surface area contributed by atoms with Crippen molar-refractivity contribution in [3.63, 3.8) is 0 Å². The van der Waals surface area contributed by atoms with Gasteiger partial charge < -0.3 is 9.80 Å². The molecule has 144 valence electrons. The van der Waals surface area contributed by atoms with E-state index in [9.17, 15) is 4.79 Å². The average molecular weight is 376 g/mol. The SMILES string of the molecule is Cc1cnc(CN2CC3(CCC2=O)CCN(c2cccc(C#N)n2)CC3)cn1. The number of anilines is 1. The Kier molecular flexibility index (Phi) is 4.95. The molecule has 2 aromatic heterocycles. The quantitative estimate of drug-likeness (QED) is 0.818. The maximum Gasteiger partial charge on any atom is 0.222 e. The summed E-state index contributed by atoms with van der Waals surface area (Å²) in [5.74, 6) is 1.08. The van der Waals surface area contributed by atoms with Gasteiger partial charge in [0.2, 0.25) is 5.91 Å². The minimum Gasteiger partial charge on any atom is -0.357 e. The van der Waals surface area contributed by atoms with E-state index in [1.165, 1.54) is 0 Å². The van der Waals surface area contributed by atoms with Gasteiger partial charge in [0, 0.05) is 32.3 Å². The molecule has 0 bridgehead atoms. The molecule has 0 unspecified atom stereocenters. The summed E-state index contributed by atoms with van der Waals surface area (Å²) >= 11 is 0. The number of likely N-dealkylation sites (tertiary alicyclic amines) is 1. The summed E-state index contributed by atoms with van der Waals surface area (Å²) < 4.78 is 0. The van der Waals surface area contributed by atoms with Gasteiger partial charge >= 0.3 is 0 Å². The van der Waals surface area contributed by atoms with Gasteiger partial charge in [-0.25, -0.2) is 4.98 Å². The van der Waals surface area contributed by atoms with Gasteiger partial charge in [0.15, 0.2) is 0 Å². The van der Waals surface area contributed by atoms with Gasteiger partial charge in [0.1, 0.15) is 17.6 Å². The Morgan fingerprint density at radius 1 is 1.18 bits per heavy atom. The summed E-state index contributed by atoms with van der Waals surface area (Å²) in [7, 11) is 0. The van der Waals surface area contributed by atoms with Gasteiger partial charge in [-0.05, 0) is 43.7 Å². The largest absolute Gasteiger partial charge is 0.357 e. The highest BCUT2D eigenvalue weighted by molar-refractivity contribution is 5.77. The van der Waals surface area contributed by atoms with Gasteiger partial charge in [-0.1, -0.05) is 6.07 Å². The van der Waals surface area contributed by atoms with Gasteiger partial charge in [0.05, 0.1) is 24.1 Å². The molecule has 7 nitrogen and oxygen atoms in total. The molecular formula is C21H24N6O. The molecule has 2 aliphatic heterocycles. The number of pyridine rings is 1. The Bertz CT molecular complexity index is 896. The Labute approximate surface area is 165 Å². The number of carbonyl (C=O) groups is 1. The molecule has 0 N–H and O–H groups in total. The fourth-order valence-electron chi connectivity index (χ4n) is 4.22. The van der Waals surface area contributed by atoms with Crippen LogP contribution in [-0.2, 0) is 11.3 Å². The predicted octanol–water partition coefficient (Wildman–Crippen LogP) is 2.46. The van der Waals surface area contributed by atoms with Crippen molar-refractivity contribution in [3.05, 3.63) is 47.7 Å². The summed E-state index contributed by atoms with van der Waals surface area (Å²) in [6.07, 6.45) is 7.10. The molecule has 2 saturated heterocycles. The van der Waals surface area contributed by atoms with Crippen molar-refractivity contribution in [2.24, 2.45) is 5.41 Å². The van der Waals surface area contributed by atoms with Gasteiger partial charge in [0.25, 0.3) is 0 Å². The molecule has 0 radical (unpaired) electrons. The van der Waals surface area contributed by atoms with E-state index in [4.69, 9.17) is 5.26 Å². The summed E-state index contributed by atoms with van der Waals surface area (Å²) in [5, 5.41) is 9.07. The average Bonchev–Trinajstić information content (AvgIpc) is 2.73. The highest BCUT2D eigenvalue weighted by Crippen LogP contribution is 2.41. The molecule has 4 rings (SSSR count). The van der Waals surface area contributed by atoms with Crippen LogP contribution in [0.1, 0.15) is 42.8 Å². The van der Waals surface area contributed by atoms with Crippen LogP contribution in [0.25, 0.3) is 0 Å². The molecular weight excluding hydrogens is 352 g/mol. The third-order valence-electron chi connectivity index (χ3n) is 5.93. The Balaban J connectivity index is 1.42. The van der Waals surface area contributed by atoms with Crippen LogP contribution in [0.4, 0.5) is 5.82 Å². The number of aromatic nitrogens is 3. The number of aryl methyl sites for hydroxylation is 1. The smallest absolute Gasteiger partial charge is 0.222 e. The summed E-state index contributed by atoms with van der Waals surface area (Å²) in [4.78, 5) is 29.8. The van der Waals surface area contributed by atoms with Crippen molar-refractivity contribution in [1.82, 2.24) is 19.9 Å². The molecule has 28 heavy (non-hydrogen) atoms. The number of nitrogens with zero attached hydrogens (tertiary/aromatic N) is 6. The van der Waals surface area contributed by atoms with Crippen molar-refractivity contribution in [2.45, 2.75) is 39.2 Å². The number of piperidine rings is 2. The van der Waals surface area contributed by atoms with Crippen LogP contribution in [0.5, 0.6) is 0 Å². The van der Waals surface area contributed by atoms with Crippen molar-refractivity contribution < 1.29 is 4.79 Å². The zero-order chi connectivity index (χ0) is 19.6. The lowest BCUT2D eigenvalue weighted by Crippen LogP contribution is -2.51. The molecule has 7 heteroatoms. The molecule has 4 heterocycles. The number of nitriles is 1. The summed E-state index contributed by atoms with van der Waals surface area (Å²) in [5.41, 5.74) is 2.33. The second-order valence-corrected chi connectivity index (χ2v) is 7.88. The van der Waals surface area contributed by atoms with E-state index in [1.54, 1.807) is 18.5 Å². The number of amides is 1. The molecule has 0 aliphatic carbocycles. The Morgan fingerprint density at radius 2 is 2.00 bits per heavy atom. The monoisotopic (exact) mass is 376 g/mol. The molecule has 1 spiro atoms. The third-order valence-corrected chi connectivity index (χ3v) is 5.93. The number of hydrogen-bond acceptors (Lipinski definition) is 6. The van der Waals surface area contributed by atoms with Gasteiger partial charge in [-0.3, -0.25) is 14.8 Å². The Hall–Kier alpha value is -3.01. The van der Waals surface area contributed by atoms with E-state index in [2.05, 4.69) is 25.9 Å². The first kappa shape index (κ1) is 18.4. The zero-order valence-electron chi connectivity index (χ0n) is 16.1. The zero-order valence-corrected chi connectivity index (χ0v) is 16.1. The van der Waals surface area contributed by atoms with E-state index >= 15 is 0 Å². The maximum absolute atomic E-state index is 12.5. The molecule has 0 aromatic carbocycles. The van der Waals surface area contributed by atoms with Crippen molar-refractivity contribution >= 4 is 11.7 Å². The molecule has 2 fully saturated rings. The topological polar surface area (TPSA) is 86.0 Å². The van der Waals surface area contributed by atoms with Gasteiger partial charge in [-0.15, -0.1) is 0 Å². The van der Waals surface area contributed by atoms with Crippen LogP contribution in [0.3, 0.4) is 0 Å². The summed E-state index contributed by atoms with van der Waals surface area (Å²) in [6.45, 7) is 5.01. The molecule has 0 saturated carbocycles. The second-order valence-electron chi connectivity index (χ2n) is 7.88. The first-order chi connectivity index (χ1) is 13.6. The minimum atomic E-state index is 0.162. The lowest BCUT2D eigenvalue weighted by Gasteiger charge is -2.47. The molecule has 2 aromatic rings. The number of carbonyl (C=O) groups excluding carboxylic acids is 1. The highest BCUT2D eigenvalue weighted by Gasteiger charge is 2.41. The normalized spacial score (nSPS) is 18.9. The third kappa shape index (κ3) is 3.81. The molecule has 2 aliphatic rings. The minimum absolute atomic E-state index is 0.162. The maximum atomic E-state index is 12.5. The van der Waals surface area contributed by atoms with Crippen LogP contribution >= 0.6 is 0 Å². The fourth-order valence-corrected chi connectivity index (χ4v) is 4.22. The van der Waals surface area contributed by atoms with Crippen LogP contribution in [0.15, 0.2) is 30.6 Å². The highest BCUT2D eigenvalue weighted by atomic mass is 16.2. The first-order valence-corrected chi connectivity index (χ1v) is 9.74. The lowest BCUT2D eigenvalue weighted by molar-refractivity contribution is -0.139. The van der Waals surface area contributed by atoms with E-state index in [0.29, 0.717) is 18.7 Å². The van der Waals surface area contributed by atoms with Crippen molar-refractivity contribution in [1.29, 1.82) is 5.26 Å². The van der Waals surface area contributed by atoms with E-state index in [0.717, 1.165) is 56.1 Å². The van der Waals surface area contributed by atoms with Crippen LogP contribution in [0, 0.1) is 23.7 Å². The van der Waals surface area contributed by atoms with Crippen LogP contribution in [-0.4, -0.2) is 45.4 Å². The van der Waals surface area contributed by atoms with Crippen molar-refractivity contribution in [2.75, 3.05) is 24.5 Å². The number of hydrogen-bond donors (Lipinski definition) is 0.